The lowest BCUT2D eigenvalue weighted by Gasteiger charge is -2.14. The molecule has 0 spiro atoms. The van der Waals surface area contributed by atoms with Gasteiger partial charge in [-0.15, -0.1) is 11.8 Å². The number of amides is 1. The highest BCUT2D eigenvalue weighted by atomic mass is 32.2. The Morgan fingerprint density at radius 3 is 2.33 bits per heavy atom. The van der Waals surface area contributed by atoms with Crippen LogP contribution in [0, 0.1) is 5.82 Å². The second-order valence-electron chi connectivity index (χ2n) is 4.43. The second kappa shape index (κ2) is 7.13. The number of anilines is 1. The van der Waals surface area contributed by atoms with Crippen molar-refractivity contribution in [2.24, 2.45) is 0 Å². The Bertz CT molecular complexity index is 599. The van der Waals surface area contributed by atoms with Crippen molar-refractivity contribution in [3.8, 4) is 5.75 Å². The molecule has 0 fully saturated rings. The topological polar surface area (TPSA) is 38.3 Å². The van der Waals surface area contributed by atoms with Gasteiger partial charge in [-0.05, 0) is 61.7 Å². The molecule has 110 valence electrons. The Morgan fingerprint density at radius 1 is 1.14 bits per heavy atom. The number of carbonyl (C=O) groups is 1. The minimum Gasteiger partial charge on any atom is -0.481 e. The summed E-state index contributed by atoms with van der Waals surface area (Å²) in [5.41, 5.74) is 0.715. The molecule has 1 N–H and O–H groups in total. The first-order valence-electron chi connectivity index (χ1n) is 6.45. The number of carbonyl (C=O) groups excluding carboxylic acids is 1. The molecule has 21 heavy (non-hydrogen) atoms. The van der Waals surface area contributed by atoms with E-state index in [1.807, 2.05) is 30.5 Å². The van der Waals surface area contributed by atoms with Gasteiger partial charge in [0.25, 0.3) is 5.91 Å². The monoisotopic (exact) mass is 305 g/mol. The largest absolute Gasteiger partial charge is 0.481 e. The van der Waals surface area contributed by atoms with Crippen LogP contribution in [0.5, 0.6) is 5.75 Å². The number of benzene rings is 2. The Labute approximate surface area is 127 Å². The third-order valence-corrected chi connectivity index (χ3v) is 3.60. The van der Waals surface area contributed by atoms with Crippen molar-refractivity contribution in [2.75, 3.05) is 11.6 Å². The van der Waals surface area contributed by atoms with Gasteiger partial charge in [0.05, 0.1) is 0 Å². The normalized spacial score (nSPS) is 11.8. The van der Waals surface area contributed by atoms with Crippen LogP contribution >= 0.6 is 11.8 Å². The average Bonchev–Trinajstić information content (AvgIpc) is 2.50. The maximum Gasteiger partial charge on any atom is 0.265 e. The lowest BCUT2D eigenvalue weighted by molar-refractivity contribution is -0.122. The van der Waals surface area contributed by atoms with E-state index in [4.69, 9.17) is 4.74 Å². The molecule has 0 saturated carbocycles. The molecule has 2 aromatic rings. The Hall–Kier alpha value is -2.01. The van der Waals surface area contributed by atoms with E-state index in [9.17, 15) is 9.18 Å². The first kappa shape index (κ1) is 15.4. The van der Waals surface area contributed by atoms with Gasteiger partial charge in [0.1, 0.15) is 11.6 Å². The molecule has 0 bridgehead atoms. The van der Waals surface area contributed by atoms with Gasteiger partial charge >= 0.3 is 0 Å². The number of rotatable bonds is 5. The fourth-order valence-electron chi connectivity index (χ4n) is 1.69. The van der Waals surface area contributed by atoms with Crippen LogP contribution in [0.2, 0.25) is 0 Å². The van der Waals surface area contributed by atoms with Crippen molar-refractivity contribution >= 4 is 23.4 Å². The van der Waals surface area contributed by atoms with Crippen LogP contribution in [0.3, 0.4) is 0 Å². The number of halogens is 1. The summed E-state index contributed by atoms with van der Waals surface area (Å²) < 4.78 is 18.3. The van der Waals surface area contributed by atoms with Gasteiger partial charge in [0, 0.05) is 10.6 Å². The van der Waals surface area contributed by atoms with Gasteiger partial charge in [0.2, 0.25) is 0 Å². The van der Waals surface area contributed by atoms with E-state index in [2.05, 4.69) is 5.32 Å². The number of hydrogen-bond acceptors (Lipinski definition) is 3. The van der Waals surface area contributed by atoms with Crippen molar-refractivity contribution in [1.82, 2.24) is 0 Å². The first-order chi connectivity index (χ1) is 10.1. The maximum atomic E-state index is 12.8. The molecule has 0 saturated heterocycles. The zero-order valence-electron chi connectivity index (χ0n) is 11.8. The SMILES string of the molecule is CSc1ccc(NC(=O)C(C)Oc2ccc(F)cc2)cc1. The molecule has 5 heteroatoms. The van der Waals surface area contributed by atoms with Gasteiger partial charge in [0.15, 0.2) is 6.10 Å². The molecule has 3 nitrogen and oxygen atoms in total. The van der Waals surface area contributed by atoms with Crippen LogP contribution < -0.4 is 10.1 Å². The highest BCUT2D eigenvalue weighted by Crippen LogP contribution is 2.18. The summed E-state index contributed by atoms with van der Waals surface area (Å²) >= 11 is 1.64. The predicted molar refractivity (Wildman–Crippen MR) is 83.3 cm³/mol. The molecule has 1 amide bonds. The number of ether oxygens (including phenoxy) is 1. The zero-order chi connectivity index (χ0) is 15.2. The number of hydrogen-bond donors (Lipinski definition) is 1. The number of nitrogens with one attached hydrogen (secondary N) is 1. The molecule has 2 rings (SSSR count). The van der Waals surface area contributed by atoms with Crippen LogP contribution in [0.4, 0.5) is 10.1 Å². The van der Waals surface area contributed by atoms with Crippen molar-refractivity contribution < 1.29 is 13.9 Å². The molecule has 0 aromatic heterocycles. The quantitative estimate of drug-likeness (QED) is 0.850. The van der Waals surface area contributed by atoms with E-state index < -0.39 is 6.10 Å². The van der Waals surface area contributed by atoms with Crippen molar-refractivity contribution in [3.05, 3.63) is 54.3 Å². The summed E-state index contributed by atoms with van der Waals surface area (Å²) in [6.45, 7) is 1.65. The van der Waals surface area contributed by atoms with Gasteiger partial charge < -0.3 is 10.1 Å². The molecule has 0 aliphatic carbocycles. The lowest BCUT2D eigenvalue weighted by atomic mass is 10.3. The highest BCUT2D eigenvalue weighted by Gasteiger charge is 2.14. The molecule has 0 heterocycles. The lowest BCUT2D eigenvalue weighted by Crippen LogP contribution is -2.30. The van der Waals surface area contributed by atoms with Crippen LogP contribution in [-0.4, -0.2) is 18.3 Å². The zero-order valence-corrected chi connectivity index (χ0v) is 12.6. The van der Waals surface area contributed by atoms with Crippen molar-refractivity contribution in [3.63, 3.8) is 0 Å². The standard InChI is InChI=1S/C16H16FNO2S/c1-11(20-14-7-3-12(17)4-8-14)16(19)18-13-5-9-15(21-2)10-6-13/h3-11H,1-2H3,(H,18,19). The first-order valence-corrected chi connectivity index (χ1v) is 7.68. The molecule has 1 unspecified atom stereocenters. The van der Waals surface area contributed by atoms with E-state index in [0.717, 1.165) is 4.90 Å². The average molecular weight is 305 g/mol. The fraction of sp³-hybridized carbons (Fsp3) is 0.188. The summed E-state index contributed by atoms with van der Waals surface area (Å²) in [5, 5.41) is 2.78. The summed E-state index contributed by atoms with van der Waals surface area (Å²) in [4.78, 5) is 13.2. The molecular formula is C16H16FNO2S. The molecule has 1 atom stereocenters. The van der Waals surface area contributed by atoms with E-state index in [-0.39, 0.29) is 11.7 Å². The smallest absolute Gasteiger partial charge is 0.265 e. The van der Waals surface area contributed by atoms with E-state index in [0.29, 0.717) is 11.4 Å². The summed E-state index contributed by atoms with van der Waals surface area (Å²) in [7, 11) is 0. The van der Waals surface area contributed by atoms with Crippen LogP contribution in [0.1, 0.15) is 6.92 Å². The minimum atomic E-state index is -0.671. The van der Waals surface area contributed by atoms with Crippen LogP contribution in [0.15, 0.2) is 53.4 Å². The van der Waals surface area contributed by atoms with E-state index in [1.165, 1.54) is 24.3 Å². The number of thioether (sulfide) groups is 1. The molecule has 0 aliphatic heterocycles. The van der Waals surface area contributed by atoms with Crippen molar-refractivity contribution in [1.29, 1.82) is 0 Å². The second-order valence-corrected chi connectivity index (χ2v) is 5.31. The predicted octanol–water partition coefficient (Wildman–Crippen LogP) is 3.95. The van der Waals surface area contributed by atoms with Gasteiger partial charge in [-0.1, -0.05) is 0 Å². The van der Waals surface area contributed by atoms with Gasteiger partial charge in [-0.3, -0.25) is 4.79 Å². The van der Waals surface area contributed by atoms with Gasteiger partial charge in [-0.25, -0.2) is 4.39 Å². The third-order valence-electron chi connectivity index (χ3n) is 2.85. The van der Waals surface area contributed by atoms with Crippen LogP contribution in [0.25, 0.3) is 0 Å². The Morgan fingerprint density at radius 2 is 1.76 bits per heavy atom. The maximum absolute atomic E-state index is 12.8. The summed E-state index contributed by atoms with van der Waals surface area (Å²) in [5.74, 6) is -0.138. The fourth-order valence-corrected chi connectivity index (χ4v) is 2.10. The van der Waals surface area contributed by atoms with Crippen LogP contribution in [-0.2, 0) is 4.79 Å². The highest BCUT2D eigenvalue weighted by molar-refractivity contribution is 7.98. The third kappa shape index (κ3) is 4.49. The van der Waals surface area contributed by atoms with Gasteiger partial charge in [-0.2, -0.15) is 0 Å². The Kier molecular flexibility index (Phi) is 5.22. The summed E-state index contributed by atoms with van der Waals surface area (Å²) in [6.07, 6.45) is 1.32. The molecular weight excluding hydrogens is 289 g/mol. The minimum absolute atomic E-state index is 0.253. The summed E-state index contributed by atoms with van der Waals surface area (Å²) in [6, 6.07) is 13.1. The molecule has 0 aliphatic rings. The van der Waals surface area contributed by atoms with E-state index in [1.54, 1.807) is 18.7 Å². The Balaban J connectivity index is 1.93. The molecule has 2 aromatic carbocycles. The van der Waals surface area contributed by atoms with Crippen molar-refractivity contribution in [2.45, 2.75) is 17.9 Å². The molecule has 0 radical (unpaired) electrons. The van der Waals surface area contributed by atoms with E-state index >= 15 is 0 Å².